The first-order chi connectivity index (χ1) is 12.6. The third kappa shape index (κ3) is 3.28. The number of piperidine rings is 2. The fourth-order valence-electron chi connectivity index (χ4n) is 4.10. The number of likely N-dealkylation sites (tertiary alicyclic amines) is 1. The van der Waals surface area contributed by atoms with Gasteiger partial charge >= 0.3 is 0 Å². The molecule has 138 valence electrons. The number of aryl methyl sites for hydroxylation is 1. The van der Waals surface area contributed by atoms with E-state index in [2.05, 4.69) is 24.5 Å². The molecule has 0 bridgehead atoms. The van der Waals surface area contributed by atoms with E-state index >= 15 is 0 Å². The summed E-state index contributed by atoms with van der Waals surface area (Å²) in [5, 5.41) is 14.4. The van der Waals surface area contributed by atoms with Crippen molar-refractivity contribution in [3.05, 3.63) is 29.2 Å². The number of aliphatic hydroxyl groups excluding tert-OH is 1. The van der Waals surface area contributed by atoms with Gasteiger partial charge in [0, 0.05) is 38.6 Å². The van der Waals surface area contributed by atoms with E-state index in [1.54, 1.807) is 18.6 Å². The van der Waals surface area contributed by atoms with Gasteiger partial charge in [0.15, 0.2) is 0 Å². The molecule has 2 aliphatic heterocycles. The highest BCUT2D eigenvalue weighted by atomic mass is 32.1. The number of nitrogens with zero attached hydrogens (tertiary/aromatic N) is 6. The fourth-order valence-corrected chi connectivity index (χ4v) is 4.72. The number of hydrogen-bond donors (Lipinski definition) is 1. The second kappa shape index (κ2) is 6.88. The number of aromatic nitrogens is 4. The van der Waals surface area contributed by atoms with Gasteiger partial charge in [0.25, 0.3) is 5.91 Å². The van der Waals surface area contributed by atoms with Gasteiger partial charge in [0.2, 0.25) is 0 Å². The standard InChI is InChI=1S/C17H22N6O2S/c1-12-15(26-21-20-12)16(25)22-6-2-17(3-7-22)8-13(24)10-23(11-17)14-9-18-4-5-19-14/h4-5,9,13,24H,2-3,6-8,10-11H2,1H3. The van der Waals surface area contributed by atoms with Crippen LogP contribution >= 0.6 is 11.5 Å². The van der Waals surface area contributed by atoms with Crippen LogP contribution in [0.1, 0.15) is 34.6 Å². The summed E-state index contributed by atoms with van der Waals surface area (Å²) in [5.74, 6) is 0.824. The van der Waals surface area contributed by atoms with Crippen molar-refractivity contribution in [2.24, 2.45) is 5.41 Å². The van der Waals surface area contributed by atoms with Crippen LogP contribution in [0.3, 0.4) is 0 Å². The van der Waals surface area contributed by atoms with Crippen molar-refractivity contribution < 1.29 is 9.90 Å². The summed E-state index contributed by atoms with van der Waals surface area (Å²) < 4.78 is 3.87. The minimum atomic E-state index is -0.388. The minimum absolute atomic E-state index is 0.00691. The van der Waals surface area contributed by atoms with E-state index in [0.717, 1.165) is 43.2 Å². The molecule has 1 unspecified atom stereocenters. The molecule has 2 fully saturated rings. The molecule has 1 amide bonds. The van der Waals surface area contributed by atoms with E-state index in [0.29, 0.717) is 30.2 Å². The zero-order chi connectivity index (χ0) is 18.1. The molecule has 1 atom stereocenters. The van der Waals surface area contributed by atoms with E-state index in [9.17, 15) is 9.90 Å². The topological polar surface area (TPSA) is 95.3 Å². The molecular formula is C17H22N6O2S. The van der Waals surface area contributed by atoms with E-state index in [4.69, 9.17) is 0 Å². The Hall–Kier alpha value is -2.13. The van der Waals surface area contributed by atoms with Crippen LogP contribution in [0, 0.1) is 12.3 Å². The number of aliphatic hydroxyl groups is 1. The summed E-state index contributed by atoms with van der Waals surface area (Å²) in [6, 6.07) is 0. The van der Waals surface area contributed by atoms with Crippen LogP contribution in [-0.2, 0) is 0 Å². The highest BCUT2D eigenvalue weighted by Gasteiger charge is 2.43. The molecule has 2 aliphatic rings. The van der Waals surface area contributed by atoms with Crippen LogP contribution in [0.5, 0.6) is 0 Å². The van der Waals surface area contributed by atoms with Crippen LogP contribution in [0.25, 0.3) is 0 Å². The van der Waals surface area contributed by atoms with E-state index in [-0.39, 0.29) is 17.4 Å². The molecular weight excluding hydrogens is 352 g/mol. The van der Waals surface area contributed by atoms with Crippen molar-refractivity contribution in [3.8, 4) is 0 Å². The van der Waals surface area contributed by atoms with Crippen LogP contribution in [0.15, 0.2) is 18.6 Å². The van der Waals surface area contributed by atoms with Crippen molar-refractivity contribution in [3.63, 3.8) is 0 Å². The minimum Gasteiger partial charge on any atom is -0.391 e. The van der Waals surface area contributed by atoms with Gasteiger partial charge in [-0.05, 0) is 43.1 Å². The van der Waals surface area contributed by atoms with E-state index < -0.39 is 0 Å². The van der Waals surface area contributed by atoms with Gasteiger partial charge < -0.3 is 14.9 Å². The Morgan fingerprint density at radius 3 is 2.81 bits per heavy atom. The number of rotatable bonds is 2. The van der Waals surface area contributed by atoms with E-state index in [1.807, 2.05) is 11.8 Å². The first-order valence-electron chi connectivity index (χ1n) is 8.84. The summed E-state index contributed by atoms with van der Waals surface area (Å²) in [6.45, 7) is 4.62. The monoisotopic (exact) mass is 374 g/mol. The molecule has 1 N–H and O–H groups in total. The second-order valence-corrected chi connectivity index (χ2v) is 8.04. The number of carbonyl (C=O) groups excluding carboxylic acids is 1. The first-order valence-corrected chi connectivity index (χ1v) is 9.61. The second-order valence-electron chi connectivity index (χ2n) is 7.28. The maximum Gasteiger partial charge on any atom is 0.267 e. The third-order valence-electron chi connectivity index (χ3n) is 5.46. The normalized spacial score (nSPS) is 22.6. The van der Waals surface area contributed by atoms with Crippen molar-refractivity contribution in [2.45, 2.75) is 32.3 Å². The first kappa shape index (κ1) is 17.3. The van der Waals surface area contributed by atoms with Crippen LogP contribution < -0.4 is 4.90 Å². The molecule has 2 aromatic rings. The average Bonchev–Trinajstić information content (AvgIpc) is 3.08. The number of hydrogen-bond acceptors (Lipinski definition) is 8. The van der Waals surface area contributed by atoms with Crippen molar-refractivity contribution >= 4 is 23.3 Å². The lowest BCUT2D eigenvalue weighted by molar-refractivity contribution is 0.0248. The van der Waals surface area contributed by atoms with Crippen molar-refractivity contribution in [2.75, 3.05) is 31.1 Å². The molecule has 0 saturated carbocycles. The average molecular weight is 374 g/mol. The number of carbonyl (C=O) groups is 1. The Balaban J connectivity index is 1.45. The Kier molecular flexibility index (Phi) is 4.58. The number of anilines is 1. The lowest BCUT2D eigenvalue weighted by atomic mass is 9.71. The predicted octanol–water partition coefficient (Wildman–Crippen LogP) is 1.13. The quantitative estimate of drug-likeness (QED) is 0.842. The van der Waals surface area contributed by atoms with Gasteiger partial charge in [-0.25, -0.2) is 4.98 Å². The summed E-state index contributed by atoms with van der Waals surface area (Å²) >= 11 is 1.16. The summed E-state index contributed by atoms with van der Waals surface area (Å²) in [6.07, 6.45) is 7.20. The van der Waals surface area contributed by atoms with Gasteiger partial charge in [-0.2, -0.15) is 0 Å². The zero-order valence-electron chi connectivity index (χ0n) is 14.7. The summed E-state index contributed by atoms with van der Waals surface area (Å²) in [5.41, 5.74) is 0.703. The summed E-state index contributed by atoms with van der Waals surface area (Å²) in [4.78, 5) is 25.8. The van der Waals surface area contributed by atoms with Gasteiger partial charge in [-0.3, -0.25) is 9.78 Å². The molecule has 4 rings (SSSR count). The maximum absolute atomic E-state index is 12.7. The molecule has 2 aromatic heterocycles. The highest BCUT2D eigenvalue weighted by Crippen LogP contribution is 2.41. The Labute approximate surface area is 156 Å². The number of β-amino-alcohol motifs (C(OH)–C–C–N with tert-alkyl or cyclic N) is 1. The molecule has 4 heterocycles. The molecule has 8 nitrogen and oxygen atoms in total. The lowest BCUT2D eigenvalue weighted by Gasteiger charge is -2.49. The molecule has 2 saturated heterocycles. The highest BCUT2D eigenvalue weighted by molar-refractivity contribution is 7.07. The Bertz CT molecular complexity index is 775. The van der Waals surface area contributed by atoms with Gasteiger partial charge in [0.05, 0.1) is 18.0 Å². The molecule has 0 radical (unpaired) electrons. The van der Waals surface area contributed by atoms with Crippen molar-refractivity contribution in [1.29, 1.82) is 0 Å². The van der Waals surface area contributed by atoms with Crippen molar-refractivity contribution in [1.82, 2.24) is 24.5 Å². The van der Waals surface area contributed by atoms with Crippen LogP contribution in [0.2, 0.25) is 0 Å². The molecule has 26 heavy (non-hydrogen) atoms. The third-order valence-corrected chi connectivity index (χ3v) is 6.27. The van der Waals surface area contributed by atoms with Gasteiger partial charge in [-0.15, -0.1) is 5.10 Å². The largest absolute Gasteiger partial charge is 0.391 e. The molecule has 9 heteroatoms. The lowest BCUT2D eigenvalue weighted by Crippen LogP contribution is -2.54. The molecule has 1 spiro atoms. The Morgan fingerprint density at radius 1 is 1.35 bits per heavy atom. The van der Waals surface area contributed by atoms with E-state index in [1.165, 1.54) is 0 Å². The molecule has 0 aromatic carbocycles. The molecule has 0 aliphatic carbocycles. The fraction of sp³-hybridized carbons (Fsp3) is 0.588. The van der Waals surface area contributed by atoms with Crippen LogP contribution in [0.4, 0.5) is 5.82 Å². The van der Waals surface area contributed by atoms with Crippen LogP contribution in [-0.4, -0.2) is 67.8 Å². The smallest absolute Gasteiger partial charge is 0.267 e. The predicted molar refractivity (Wildman–Crippen MR) is 97.1 cm³/mol. The Morgan fingerprint density at radius 2 is 2.15 bits per heavy atom. The zero-order valence-corrected chi connectivity index (χ0v) is 15.5. The number of amides is 1. The SMILES string of the molecule is Cc1nnsc1C(=O)N1CCC2(CC1)CC(O)CN(c1cnccn1)C2. The summed E-state index contributed by atoms with van der Waals surface area (Å²) in [7, 11) is 0. The van der Waals surface area contributed by atoms with Gasteiger partial charge in [-0.1, -0.05) is 4.49 Å². The van der Waals surface area contributed by atoms with Gasteiger partial charge in [0.1, 0.15) is 10.7 Å². The maximum atomic E-state index is 12.7.